The molecule has 0 saturated carbocycles. The highest BCUT2D eigenvalue weighted by molar-refractivity contribution is 6.02. The summed E-state index contributed by atoms with van der Waals surface area (Å²) in [5.41, 5.74) is 10.8. The van der Waals surface area contributed by atoms with E-state index in [0.717, 1.165) is 22.4 Å². The number of aromatic carboxylic acids is 2. The monoisotopic (exact) mass is 490 g/mol. The van der Waals surface area contributed by atoms with Crippen molar-refractivity contribution < 1.29 is 29.3 Å². The number of ether oxygens (including phenoxy) is 1. The predicted molar refractivity (Wildman–Crippen MR) is 135 cm³/mol. The number of carboxylic acids is 2. The van der Waals surface area contributed by atoms with Crippen molar-refractivity contribution in [2.75, 3.05) is 0 Å². The molecule has 0 atom stereocenters. The molecule has 36 heavy (non-hydrogen) atoms. The fourth-order valence-electron chi connectivity index (χ4n) is 4.13. The molecule has 0 radical (unpaired) electrons. The van der Waals surface area contributed by atoms with Crippen molar-refractivity contribution in [1.82, 2.24) is 4.98 Å². The number of nitrogens with two attached hydrogens (primary N) is 1. The number of aryl methyl sites for hydroxylation is 2. The van der Waals surface area contributed by atoms with Crippen molar-refractivity contribution in [1.29, 1.82) is 0 Å². The zero-order valence-electron chi connectivity index (χ0n) is 20.8. The average Bonchev–Trinajstić information content (AvgIpc) is 2.82. The van der Waals surface area contributed by atoms with Gasteiger partial charge in [-0.15, -0.1) is 0 Å². The first-order valence-corrected chi connectivity index (χ1v) is 11.6. The molecule has 8 heteroatoms. The minimum absolute atomic E-state index is 0.192. The topological polar surface area (TPSA) is 140 Å². The van der Waals surface area contributed by atoms with Gasteiger partial charge in [-0.2, -0.15) is 0 Å². The van der Waals surface area contributed by atoms with E-state index in [4.69, 9.17) is 15.5 Å². The van der Waals surface area contributed by atoms with Crippen LogP contribution in [0.3, 0.4) is 0 Å². The minimum atomic E-state index is -1.38. The van der Waals surface area contributed by atoms with Gasteiger partial charge in [0.05, 0.1) is 22.4 Å². The van der Waals surface area contributed by atoms with Crippen molar-refractivity contribution in [3.8, 4) is 11.1 Å². The minimum Gasteiger partial charge on any atom is -0.478 e. The Bertz CT molecular complexity index is 1310. The van der Waals surface area contributed by atoms with Crippen molar-refractivity contribution >= 4 is 17.9 Å². The van der Waals surface area contributed by atoms with Crippen LogP contribution in [-0.4, -0.2) is 33.1 Å². The average molecular weight is 491 g/mol. The summed E-state index contributed by atoms with van der Waals surface area (Å²) in [5.74, 6) is -3.02. The van der Waals surface area contributed by atoms with Gasteiger partial charge in [-0.25, -0.2) is 14.4 Å². The number of esters is 1. The van der Waals surface area contributed by atoms with Gasteiger partial charge in [-0.3, -0.25) is 4.98 Å². The van der Waals surface area contributed by atoms with E-state index in [-0.39, 0.29) is 24.3 Å². The SMILES string of the molecule is Cc1ccc(-c2c(CN)c(CC(C)C)nc(C)c2C(=O)OCc2ccc(C(=O)O)c(C(=O)O)c2)cc1. The van der Waals surface area contributed by atoms with Crippen LogP contribution >= 0.6 is 0 Å². The number of benzene rings is 2. The first kappa shape index (κ1) is 26.6. The molecule has 1 heterocycles. The maximum absolute atomic E-state index is 13.4. The highest BCUT2D eigenvalue weighted by atomic mass is 16.5. The zero-order chi connectivity index (χ0) is 26.6. The highest BCUT2D eigenvalue weighted by Gasteiger charge is 2.25. The third-order valence-corrected chi connectivity index (χ3v) is 5.83. The van der Waals surface area contributed by atoms with Gasteiger partial charge in [0, 0.05) is 17.8 Å². The van der Waals surface area contributed by atoms with Gasteiger partial charge in [0.1, 0.15) is 6.61 Å². The normalized spacial score (nSPS) is 10.9. The van der Waals surface area contributed by atoms with Crippen LogP contribution in [0.15, 0.2) is 42.5 Å². The first-order valence-electron chi connectivity index (χ1n) is 11.6. The summed E-state index contributed by atoms with van der Waals surface area (Å²) in [6.45, 7) is 7.86. The van der Waals surface area contributed by atoms with Crippen LogP contribution in [0.1, 0.15) is 73.0 Å². The molecule has 3 aromatic rings. The summed E-state index contributed by atoms with van der Waals surface area (Å²) >= 11 is 0. The van der Waals surface area contributed by atoms with Gasteiger partial charge in [0.2, 0.25) is 0 Å². The summed E-state index contributed by atoms with van der Waals surface area (Å²) < 4.78 is 5.58. The summed E-state index contributed by atoms with van der Waals surface area (Å²) in [6, 6.07) is 11.6. The Kier molecular flexibility index (Phi) is 8.22. The van der Waals surface area contributed by atoms with Gasteiger partial charge < -0.3 is 20.7 Å². The Labute approximate surface area is 209 Å². The molecule has 2 aromatic carbocycles. The molecule has 8 nitrogen and oxygen atoms in total. The summed E-state index contributed by atoms with van der Waals surface area (Å²) in [4.78, 5) is 40.9. The van der Waals surface area contributed by atoms with Crippen LogP contribution in [0, 0.1) is 19.8 Å². The van der Waals surface area contributed by atoms with Crippen LogP contribution in [0.4, 0.5) is 0 Å². The van der Waals surface area contributed by atoms with Crippen LogP contribution in [0.25, 0.3) is 11.1 Å². The second-order valence-electron chi connectivity index (χ2n) is 9.11. The molecule has 0 amide bonds. The number of carboxylic acid groups (broad SMARTS) is 2. The van der Waals surface area contributed by atoms with E-state index in [2.05, 4.69) is 13.8 Å². The second-order valence-corrected chi connectivity index (χ2v) is 9.11. The zero-order valence-corrected chi connectivity index (χ0v) is 20.8. The summed E-state index contributed by atoms with van der Waals surface area (Å²) in [6.07, 6.45) is 0.704. The van der Waals surface area contributed by atoms with Crippen molar-refractivity contribution in [3.63, 3.8) is 0 Å². The molecule has 4 N–H and O–H groups in total. The molecule has 0 unspecified atom stereocenters. The second kappa shape index (κ2) is 11.1. The smallest absolute Gasteiger partial charge is 0.340 e. The van der Waals surface area contributed by atoms with Gasteiger partial charge >= 0.3 is 17.9 Å². The Hall–Kier alpha value is -4.04. The molecule has 0 spiro atoms. The third kappa shape index (κ3) is 5.78. The first-order chi connectivity index (χ1) is 17.0. The van der Waals surface area contributed by atoms with E-state index >= 15 is 0 Å². The standard InChI is InChI=1S/C28H30N2O6/c1-15(2)11-23-22(13-29)25(19-8-5-16(3)6-9-19)24(17(4)30-23)28(35)36-14-18-7-10-20(26(31)32)21(12-18)27(33)34/h5-10,12,15H,11,13-14,29H2,1-4H3,(H,31,32)(H,33,34). The van der Waals surface area contributed by atoms with Gasteiger partial charge in [-0.05, 0) is 55.0 Å². The number of hydrogen-bond donors (Lipinski definition) is 3. The van der Waals surface area contributed by atoms with Crippen LogP contribution in [-0.2, 0) is 24.3 Å². The Morgan fingerprint density at radius 2 is 1.61 bits per heavy atom. The van der Waals surface area contributed by atoms with Gasteiger partial charge in [0.25, 0.3) is 0 Å². The van der Waals surface area contributed by atoms with Crippen molar-refractivity contribution in [2.45, 2.75) is 47.3 Å². The maximum atomic E-state index is 13.4. The number of aromatic nitrogens is 1. The van der Waals surface area contributed by atoms with Crippen LogP contribution in [0.2, 0.25) is 0 Å². The van der Waals surface area contributed by atoms with Crippen molar-refractivity contribution in [2.24, 2.45) is 11.7 Å². The number of pyridine rings is 1. The number of carbonyl (C=O) groups excluding carboxylic acids is 1. The molecule has 0 aliphatic rings. The molecule has 0 aliphatic carbocycles. The van der Waals surface area contributed by atoms with Gasteiger partial charge in [0.15, 0.2) is 0 Å². The molecular formula is C28H30N2O6. The highest BCUT2D eigenvalue weighted by Crippen LogP contribution is 2.33. The van der Waals surface area contributed by atoms with Crippen molar-refractivity contribution in [3.05, 3.63) is 87.2 Å². The predicted octanol–water partition coefficient (Wildman–Crippen LogP) is 4.78. The number of rotatable bonds is 9. The molecule has 1 aromatic heterocycles. The number of hydrogen-bond acceptors (Lipinski definition) is 6. The lowest BCUT2D eigenvalue weighted by molar-refractivity contribution is 0.0471. The third-order valence-electron chi connectivity index (χ3n) is 5.83. The summed E-state index contributed by atoms with van der Waals surface area (Å²) in [7, 11) is 0. The van der Waals surface area contributed by atoms with E-state index in [9.17, 15) is 24.6 Å². The summed E-state index contributed by atoms with van der Waals surface area (Å²) in [5, 5.41) is 18.6. The molecular weight excluding hydrogens is 460 g/mol. The maximum Gasteiger partial charge on any atom is 0.340 e. The molecule has 3 rings (SSSR count). The lowest BCUT2D eigenvalue weighted by atomic mass is 9.90. The van der Waals surface area contributed by atoms with E-state index in [1.165, 1.54) is 18.2 Å². The van der Waals surface area contributed by atoms with Crippen LogP contribution < -0.4 is 5.73 Å². The largest absolute Gasteiger partial charge is 0.478 e. The fourth-order valence-corrected chi connectivity index (χ4v) is 4.13. The number of carbonyl (C=O) groups is 3. The van der Waals surface area contributed by atoms with Gasteiger partial charge in [-0.1, -0.05) is 49.7 Å². The molecule has 0 saturated heterocycles. The fraction of sp³-hybridized carbons (Fsp3) is 0.286. The van der Waals surface area contributed by atoms with E-state index in [0.29, 0.717) is 34.7 Å². The number of nitrogens with zero attached hydrogens (tertiary/aromatic N) is 1. The lowest BCUT2D eigenvalue weighted by Crippen LogP contribution is -2.17. The quantitative estimate of drug-likeness (QED) is 0.364. The van der Waals surface area contributed by atoms with E-state index in [1.54, 1.807) is 6.92 Å². The Morgan fingerprint density at radius 3 is 2.17 bits per heavy atom. The molecule has 0 fully saturated rings. The molecule has 0 bridgehead atoms. The van der Waals surface area contributed by atoms with Crippen LogP contribution in [0.5, 0.6) is 0 Å². The molecule has 0 aliphatic heterocycles. The Morgan fingerprint density at radius 1 is 0.972 bits per heavy atom. The van der Waals surface area contributed by atoms with E-state index < -0.39 is 17.9 Å². The lowest BCUT2D eigenvalue weighted by Gasteiger charge is -2.20. The Balaban J connectivity index is 2.05. The van der Waals surface area contributed by atoms with E-state index in [1.807, 2.05) is 31.2 Å². The molecule has 188 valence electrons.